The van der Waals surface area contributed by atoms with E-state index in [1.54, 1.807) is 34.1 Å². The van der Waals surface area contributed by atoms with Gasteiger partial charge in [-0.15, -0.1) is 0 Å². The monoisotopic (exact) mass is 365 g/mol. The molecule has 2 saturated heterocycles. The molecule has 1 atom stereocenters. The second-order valence-corrected chi connectivity index (χ2v) is 7.04. The molecule has 2 aliphatic rings. The van der Waals surface area contributed by atoms with E-state index in [4.69, 9.17) is 22.1 Å². The molecule has 1 aromatic rings. The number of carbonyl (C=O) groups is 2. The SMILES string of the molecule is NC(C(=O)N1CCN(C(=O)c2ccc(Cl)cc2)CC1)C1CCOCC1. The van der Waals surface area contributed by atoms with Crippen molar-refractivity contribution in [1.29, 1.82) is 0 Å². The van der Waals surface area contributed by atoms with Gasteiger partial charge in [-0.25, -0.2) is 0 Å². The fraction of sp³-hybridized carbons (Fsp3) is 0.556. The number of hydrogen-bond donors (Lipinski definition) is 1. The van der Waals surface area contributed by atoms with Crippen LogP contribution < -0.4 is 5.73 Å². The lowest BCUT2D eigenvalue weighted by molar-refractivity contribution is -0.136. The van der Waals surface area contributed by atoms with Crippen molar-refractivity contribution in [3.05, 3.63) is 34.9 Å². The first kappa shape index (κ1) is 18.2. The molecule has 7 heteroatoms. The largest absolute Gasteiger partial charge is 0.381 e. The van der Waals surface area contributed by atoms with Crippen molar-refractivity contribution in [1.82, 2.24) is 9.80 Å². The molecule has 2 amide bonds. The number of carbonyl (C=O) groups excluding carboxylic acids is 2. The van der Waals surface area contributed by atoms with E-state index < -0.39 is 6.04 Å². The average molecular weight is 366 g/mol. The highest BCUT2D eigenvalue weighted by molar-refractivity contribution is 6.30. The summed E-state index contributed by atoms with van der Waals surface area (Å²) in [6.45, 7) is 3.44. The van der Waals surface area contributed by atoms with Crippen LogP contribution in [0.5, 0.6) is 0 Å². The van der Waals surface area contributed by atoms with Crippen LogP contribution in [0.25, 0.3) is 0 Å². The number of benzene rings is 1. The Hall–Kier alpha value is -1.63. The third kappa shape index (κ3) is 4.32. The maximum Gasteiger partial charge on any atom is 0.253 e. The molecule has 6 nitrogen and oxygen atoms in total. The van der Waals surface area contributed by atoms with Gasteiger partial charge in [0.2, 0.25) is 5.91 Å². The van der Waals surface area contributed by atoms with Crippen LogP contribution in [0.4, 0.5) is 0 Å². The zero-order valence-corrected chi connectivity index (χ0v) is 15.0. The molecule has 0 saturated carbocycles. The Labute approximate surface area is 152 Å². The van der Waals surface area contributed by atoms with Crippen LogP contribution in [-0.2, 0) is 9.53 Å². The van der Waals surface area contributed by atoms with Crippen LogP contribution >= 0.6 is 11.6 Å². The van der Waals surface area contributed by atoms with Crippen LogP contribution in [0, 0.1) is 5.92 Å². The van der Waals surface area contributed by atoms with Crippen LogP contribution in [0.15, 0.2) is 24.3 Å². The van der Waals surface area contributed by atoms with Gasteiger partial charge in [0.05, 0.1) is 6.04 Å². The number of rotatable bonds is 3. The summed E-state index contributed by atoms with van der Waals surface area (Å²) >= 11 is 5.86. The van der Waals surface area contributed by atoms with Gasteiger partial charge in [0, 0.05) is 50.0 Å². The fourth-order valence-corrected chi connectivity index (χ4v) is 3.52. The Kier molecular flexibility index (Phi) is 5.93. The topological polar surface area (TPSA) is 75.9 Å². The maximum atomic E-state index is 12.6. The summed E-state index contributed by atoms with van der Waals surface area (Å²) in [4.78, 5) is 28.7. The Morgan fingerprint density at radius 2 is 1.60 bits per heavy atom. The number of halogens is 1. The molecule has 2 aliphatic heterocycles. The van der Waals surface area contributed by atoms with E-state index in [2.05, 4.69) is 0 Å². The Morgan fingerprint density at radius 3 is 2.20 bits per heavy atom. The second kappa shape index (κ2) is 8.17. The van der Waals surface area contributed by atoms with Crippen LogP contribution in [0.3, 0.4) is 0 Å². The van der Waals surface area contributed by atoms with Crippen LogP contribution in [-0.4, -0.2) is 67.0 Å². The number of ether oxygens (including phenoxy) is 1. The molecule has 2 fully saturated rings. The summed E-state index contributed by atoms with van der Waals surface area (Å²) in [6.07, 6.45) is 1.67. The zero-order valence-electron chi connectivity index (χ0n) is 14.2. The first-order valence-corrected chi connectivity index (χ1v) is 9.11. The average Bonchev–Trinajstić information content (AvgIpc) is 2.67. The van der Waals surface area contributed by atoms with Gasteiger partial charge in [0.15, 0.2) is 0 Å². The first-order valence-electron chi connectivity index (χ1n) is 8.73. The van der Waals surface area contributed by atoms with E-state index in [-0.39, 0.29) is 17.7 Å². The van der Waals surface area contributed by atoms with Crippen molar-refractivity contribution in [3.63, 3.8) is 0 Å². The number of hydrogen-bond acceptors (Lipinski definition) is 4. The van der Waals surface area contributed by atoms with Crippen LogP contribution in [0.1, 0.15) is 23.2 Å². The minimum atomic E-state index is -0.470. The van der Waals surface area contributed by atoms with E-state index >= 15 is 0 Å². The molecule has 0 radical (unpaired) electrons. The molecule has 0 spiro atoms. The molecule has 2 heterocycles. The number of amides is 2. The van der Waals surface area contributed by atoms with Crippen molar-refractivity contribution in [2.45, 2.75) is 18.9 Å². The predicted molar refractivity (Wildman–Crippen MR) is 95.5 cm³/mol. The highest BCUT2D eigenvalue weighted by atomic mass is 35.5. The second-order valence-electron chi connectivity index (χ2n) is 6.60. The standard InChI is InChI=1S/C18H24ClN3O3/c19-15-3-1-14(2-4-15)17(23)21-7-9-22(10-8-21)18(24)16(20)13-5-11-25-12-6-13/h1-4,13,16H,5-12,20H2. The quantitative estimate of drug-likeness (QED) is 0.878. The normalized spacial score (nSPS) is 20.4. The van der Waals surface area contributed by atoms with E-state index in [1.807, 2.05) is 0 Å². The minimum absolute atomic E-state index is 0.00880. The zero-order chi connectivity index (χ0) is 17.8. The molecule has 1 unspecified atom stereocenters. The van der Waals surface area contributed by atoms with Gasteiger partial charge in [-0.3, -0.25) is 9.59 Å². The molecule has 2 N–H and O–H groups in total. The lowest BCUT2D eigenvalue weighted by Crippen LogP contribution is -2.56. The summed E-state index contributed by atoms with van der Waals surface area (Å²) in [7, 11) is 0. The summed E-state index contributed by atoms with van der Waals surface area (Å²) in [5.74, 6) is 0.151. The lowest BCUT2D eigenvalue weighted by atomic mass is 9.91. The lowest BCUT2D eigenvalue weighted by Gasteiger charge is -2.37. The van der Waals surface area contributed by atoms with Gasteiger partial charge < -0.3 is 20.3 Å². The number of nitrogens with two attached hydrogens (primary N) is 1. The van der Waals surface area contributed by atoms with Gasteiger partial charge in [-0.1, -0.05) is 11.6 Å². The maximum absolute atomic E-state index is 12.6. The van der Waals surface area contributed by atoms with Gasteiger partial charge in [0.1, 0.15) is 0 Å². The highest BCUT2D eigenvalue weighted by Crippen LogP contribution is 2.20. The molecule has 0 aliphatic carbocycles. The summed E-state index contributed by atoms with van der Waals surface area (Å²) in [5.41, 5.74) is 6.80. The van der Waals surface area contributed by atoms with Gasteiger partial charge >= 0.3 is 0 Å². The first-order chi connectivity index (χ1) is 12.1. The Balaban J connectivity index is 1.53. The van der Waals surface area contributed by atoms with Crippen molar-refractivity contribution in [3.8, 4) is 0 Å². The number of piperazine rings is 1. The van der Waals surface area contributed by atoms with E-state index in [0.29, 0.717) is 50.0 Å². The smallest absolute Gasteiger partial charge is 0.253 e. The molecule has 3 rings (SSSR count). The van der Waals surface area contributed by atoms with Crippen molar-refractivity contribution < 1.29 is 14.3 Å². The Morgan fingerprint density at radius 1 is 1.04 bits per heavy atom. The Bertz CT molecular complexity index is 608. The fourth-order valence-electron chi connectivity index (χ4n) is 3.39. The highest BCUT2D eigenvalue weighted by Gasteiger charge is 2.32. The van der Waals surface area contributed by atoms with E-state index in [9.17, 15) is 9.59 Å². The van der Waals surface area contributed by atoms with E-state index in [1.165, 1.54) is 0 Å². The van der Waals surface area contributed by atoms with Gasteiger partial charge in [-0.05, 0) is 43.0 Å². The van der Waals surface area contributed by atoms with Gasteiger partial charge in [-0.2, -0.15) is 0 Å². The molecular formula is C18H24ClN3O3. The minimum Gasteiger partial charge on any atom is -0.381 e. The summed E-state index contributed by atoms with van der Waals surface area (Å²) in [6, 6.07) is 6.40. The molecular weight excluding hydrogens is 342 g/mol. The number of nitrogens with zero attached hydrogens (tertiary/aromatic N) is 2. The molecule has 0 bridgehead atoms. The molecule has 1 aromatic carbocycles. The van der Waals surface area contributed by atoms with E-state index in [0.717, 1.165) is 12.8 Å². The molecule has 25 heavy (non-hydrogen) atoms. The van der Waals surface area contributed by atoms with Crippen molar-refractivity contribution in [2.24, 2.45) is 11.7 Å². The summed E-state index contributed by atoms with van der Waals surface area (Å²) < 4.78 is 5.33. The van der Waals surface area contributed by atoms with Crippen molar-refractivity contribution >= 4 is 23.4 Å². The van der Waals surface area contributed by atoms with Crippen molar-refractivity contribution in [2.75, 3.05) is 39.4 Å². The third-order valence-electron chi connectivity index (χ3n) is 5.03. The van der Waals surface area contributed by atoms with Gasteiger partial charge in [0.25, 0.3) is 5.91 Å². The third-order valence-corrected chi connectivity index (χ3v) is 5.28. The molecule has 0 aromatic heterocycles. The predicted octanol–water partition coefficient (Wildman–Crippen LogP) is 1.38. The molecule has 136 valence electrons. The summed E-state index contributed by atoms with van der Waals surface area (Å²) in [5, 5.41) is 0.606. The van der Waals surface area contributed by atoms with Crippen LogP contribution in [0.2, 0.25) is 5.02 Å².